The third kappa shape index (κ3) is 2.50. The van der Waals surface area contributed by atoms with E-state index in [9.17, 15) is 0 Å². The molecule has 7 heteroatoms. The van der Waals surface area contributed by atoms with Crippen LogP contribution in [0.4, 0.5) is 11.6 Å². The largest absolute Gasteiger partial charge is 0.364 e. The van der Waals surface area contributed by atoms with Crippen molar-refractivity contribution in [3.63, 3.8) is 0 Å². The SMILES string of the molecule is CN(C)c1cc(CNc2ncnc3nc[nH]c23)c2ccccc2n1. The zero-order chi connectivity index (χ0) is 16.5. The van der Waals surface area contributed by atoms with Crippen LogP contribution >= 0.6 is 0 Å². The molecule has 0 fully saturated rings. The van der Waals surface area contributed by atoms with Crippen LogP contribution in [0.25, 0.3) is 22.1 Å². The summed E-state index contributed by atoms with van der Waals surface area (Å²) in [6.07, 6.45) is 3.14. The van der Waals surface area contributed by atoms with E-state index < -0.39 is 0 Å². The predicted molar refractivity (Wildman–Crippen MR) is 95.1 cm³/mol. The van der Waals surface area contributed by atoms with E-state index >= 15 is 0 Å². The summed E-state index contributed by atoms with van der Waals surface area (Å²) in [6, 6.07) is 10.3. The standard InChI is InChI=1S/C17H17N7/c1-24(2)14-7-11(12-5-3-4-6-13(12)23-14)8-18-16-15-17(20-9-19-15)22-10-21-16/h3-7,9-10H,8H2,1-2H3,(H2,18,19,20,21,22). The van der Waals surface area contributed by atoms with Crippen molar-refractivity contribution in [1.29, 1.82) is 0 Å². The number of rotatable bonds is 4. The van der Waals surface area contributed by atoms with Crippen molar-refractivity contribution in [3.05, 3.63) is 48.5 Å². The van der Waals surface area contributed by atoms with E-state index in [0.717, 1.165) is 33.6 Å². The summed E-state index contributed by atoms with van der Waals surface area (Å²) in [5.41, 5.74) is 3.61. The molecule has 3 heterocycles. The molecule has 0 aliphatic carbocycles. The second-order valence-electron chi connectivity index (χ2n) is 5.73. The lowest BCUT2D eigenvalue weighted by atomic mass is 10.1. The number of hydrogen-bond acceptors (Lipinski definition) is 6. The van der Waals surface area contributed by atoms with E-state index in [1.165, 1.54) is 6.33 Å². The van der Waals surface area contributed by atoms with Crippen molar-refractivity contribution < 1.29 is 0 Å². The summed E-state index contributed by atoms with van der Waals surface area (Å²) in [6.45, 7) is 0.634. The number of pyridine rings is 1. The predicted octanol–water partition coefficient (Wildman–Crippen LogP) is 2.58. The fraction of sp³-hybridized carbons (Fsp3) is 0.176. The molecule has 0 aliphatic rings. The maximum Gasteiger partial charge on any atom is 0.182 e. The fourth-order valence-corrected chi connectivity index (χ4v) is 2.69. The van der Waals surface area contributed by atoms with E-state index in [2.05, 4.69) is 42.4 Å². The molecule has 4 aromatic rings. The third-order valence-electron chi connectivity index (χ3n) is 3.92. The molecule has 2 N–H and O–H groups in total. The third-order valence-corrected chi connectivity index (χ3v) is 3.92. The molecule has 120 valence electrons. The van der Waals surface area contributed by atoms with Gasteiger partial charge in [-0.05, 0) is 17.7 Å². The molecule has 0 saturated heterocycles. The number of anilines is 2. The minimum atomic E-state index is 0.634. The van der Waals surface area contributed by atoms with Crippen LogP contribution < -0.4 is 10.2 Å². The molecule has 4 rings (SSSR count). The molecule has 0 atom stereocenters. The molecule has 3 aromatic heterocycles. The van der Waals surface area contributed by atoms with Crippen molar-refractivity contribution in [2.75, 3.05) is 24.3 Å². The van der Waals surface area contributed by atoms with Gasteiger partial charge in [-0.3, -0.25) is 0 Å². The first-order chi connectivity index (χ1) is 11.7. The van der Waals surface area contributed by atoms with Gasteiger partial charge in [-0.25, -0.2) is 19.9 Å². The Kier molecular flexibility index (Phi) is 3.45. The van der Waals surface area contributed by atoms with Crippen LogP contribution in [0.15, 0.2) is 43.0 Å². The summed E-state index contributed by atoms with van der Waals surface area (Å²) >= 11 is 0. The van der Waals surface area contributed by atoms with Crippen LogP contribution in [0.2, 0.25) is 0 Å². The van der Waals surface area contributed by atoms with Crippen molar-refractivity contribution in [2.24, 2.45) is 0 Å². The average Bonchev–Trinajstić information content (AvgIpc) is 3.08. The number of hydrogen-bond donors (Lipinski definition) is 2. The summed E-state index contributed by atoms with van der Waals surface area (Å²) in [5.74, 6) is 1.67. The van der Waals surface area contributed by atoms with Crippen LogP contribution in [-0.2, 0) is 6.54 Å². The molecule has 0 spiro atoms. The highest BCUT2D eigenvalue weighted by molar-refractivity contribution is 5.85. The second-order valence-corrected chi connectivity index (χ2v) is 5.73. The average molecular weight is 319 g/mol. The van der Waals surface area contributed by atoms with Crippen LogP contribution in [0.1, 0.15) is 5.56 Å². The lowest BCUT2D eigenvalue weighted by Crippen LogP contribution is -2.12. The van der Waals surface area contributed by atoms with Crippen molar-refractivity contribution >= 4 is 33.7 Å². The topological polar surface area (TPSA) is 82.6 Å². The van der Waals surface area contributed by atoms with Crippen LogP contribution in [-0.4, -0.2) is 39.0 Å². The number of nitrogens with zero attached hydrogens (tertiary/aromatic N) is 5. The van der Waals surface area contributed by atoms with Gasteiger partial charge in [-0.1, -0.05) is 18.2 Å². The van der Waals surface area contributed by atoms with Crippen LogP contribution in [0.3, 0.4) is 0 Å². The maximum atomic E-state index is 4.69. The van der Waals surface area contributed by atoms with Gasteiger partial charge in [0, 0.05) is 26.0 Å². The Morgan fingerprint density at radius 2 is 2.00 bits per heavy atom. The number of para-hydroxylation sites is 1. The molecular formula is C17H17N7. The molecule has 0 radical (unpaired) electrons. The molecule has 0 aliphatic heterocycles. The molecule has 1 aromatic carbocycles. The van der Waals surface area contributed by atoms with E-state index in [1.54, 1.807) is 6.33 Å². The Morgan fingerprint density at radius 3 is 2.88 bits per heavy atom. The first-order valence-corrected chi connectivity index (χ1v) is 7.66. The summed E-state index contributed by atoms with van der Waals surface area (Å²) in [7, 11) is 3.99. The maximum absolute atomic E-state index is 4.69. The molecule has 0 amide bonds. The Balaban J connectivity index is 1.72. The van der Waals surface area contributed by atoms with E-state index in [-0.39, 0.29) is 0 Å². The van der Waals surface area contributed by atoms with Gasteiger partial charge in [0.2, 0.25) is 0 Å². The van der Waals surface area contributed by atoms with Gasteiger partial charge in [-0.15, -0.1) is 0 Å². The zero-order valence-corrected chi connectivity index (χ0v) is 13.5. The molecular weight excluding hydrogens is 302 g/mol. The molecule has 0 saturated carbocycles. The Labute approximate surface area is 138 Å². The van der Waals surface area contributed by atoms with Gasteiger partial charge < -0.3 is 15.2 Å². The summed E-state index contributed by atoms with van der Waals surface area (Å²) in [5, 5.41) is 4.51. The lowest BCUT2D eigenvalue weighted by Gasteiger charge is -2.15. The number of imidazole rings is 1. The van der Waals surface area contributed by atoms with Gasteiger partial charge >= 0.3 is 0 Å². The first kappa shape index (κ1) is 14.4. The van der Waals surface area contributed by atoms with Gasteiger partial charge in [0.15, 0.2) is 11.5 Å². The van der Waals surface area contributed by atoms with Crippen molar-refractivity contribution in [1.82, 2.24) is 24.9 Å². The number of aromatic amines is 1. The highest BCUT2D eigenvalue weighted by Crippen LogP contribution is 2.23. The summed E-state index contributed by atoms with van der Waals surface area (Å²) in [4.78, 5) is 22.4. The van der Waals surface area contributed by atoms with Crippen molar-refractivity contribution in [2.45, 2.75) is 6.54 Å². The van der Waals surface area contributed by atoms with E-state index in [1.807, 2.05) is 37.2 Å². The smallest absolute Gasteiger partial charge is 0.182 e. The normalized spacial score (nSPS) is 11.1. The number of benzene rings is 1. The number of nitrogens with one attached hydrogen (secondary N) is 2. The van der Waals surface area contributed by atoms with E-state index in [4.69, 9.17) is 0 Å². The Bertz CT molecular complexity index is 1010. The Morgan fingerprint density at radius 1 is 1.12 bits per heavy atom. The molecule has 0 bridgehead atoms. The number of fused-ring (bicyclic) bond motifs is 2. The fourth-order valence-electron chi connectivity index (χ4n) is 2.69. The van der Waals surface area contributed by atoms with Gasteiger partial charge in [0.1, 0.15) is 17.7 Å². The van der Waals surface area contributed by atoms with Crippen LogP contribution in [0.5, 0.6) is 0 Å². The number of H-pyrrole nitrogens is 1. The Hall–Kier alpha value is -3.22. The lowest BCUT2D eigenvalue weighted by molar-refractivity contribution is 1.06. The first-order valence-electron chi connectivity index (χ1n) is 7.66. The minimum Gasteiger partial charge on any atom is -0.364 e. The van der Waals surface area contributed by atoms with Gasteiger partial charge in [0.05, 0.1) is 11.8 Å². The van der Waals surface area contributed by atoms with Gasteiger partial charge in [0.25, 0.3) is 0 Å². The molecule has 7 nitrogen and oxygen atoms in total. The van der Waals surface area contributed by atoms with Gasteiger partial charge in [-0.2, -0.15) is 0 Å². The molecule has 24 heavy (non-hydrogen) atoms. The quantitative estimate of drug-likeness (QED) is 0.601. The minimum absolute atomic E-state index is 0.634. The highest BCUT2D eigenvalue weighted by Gasteiger charge is 2.09. The second kappa shape index (κ2) is 5.77. The molecule has 0 unspecified atom stereocenters. The highest BCUT2D eigenvalue weighted by atomic mass is 15.1. The van der Waals surface area contributed by atoms with Crippen molar-refractivity contribution in [3.8, 4) is 0 Å². The zero-order valence-electron chi connectivity index (χ0n) is 13.5. The van der Waals surface area contributed by atoms with E-state index in [0.29, 0.717) is 12.2 Å². The monoisotopic (exact) mass is 319 g/mol. The number of aromatic nitrogens is 5. The summed E-state index contributed by atoms with van der Waals surface area (Å²) < 4.78 is 0. The van der Waals surface area contributed by atoms with Crippen LogP contribution in [0, 0.1) is 0 Å².